The van der Waals surface area contributed by atoms with Crippen LogP contribution in [0.2, 0.25) is 10.0 Å². The summed E-state index contributed by atoms with van der Waals surface area (Å²) in [6.45, 7) is 11.0. The molecule has 29 heteroatoms. The Labute approximate surface area is 558 Å². The molecule has 524 valence electrons. The van der Waals surface area contributed by atoms with Gasteiger partial charge in [-0.3, -0.25) is 0 Å². The number of carbonyl (C=O) groups excluding carboxylic acids is 1. The fraction of sp³-hybridized carbons (Fsp3) is 0.569. The molecule has 1 fully saturated rings. The Bertz CT molecular complexity index is 2900. The maximum atomic E-state index is 13.4. The van der Waals surface area contributed by atoms with Crippen molar-refractivity contribution in [3.63, 3.8) is 0 Å². The lowest BCUT2D eigenvalue weighted by atomic mass is 9.84. The SMILES string of the molecule is COCCOCCOCCOCCOCCOCCOCCOCCOCCOCCNC(=O)OCc1ccc(OCCOCCOCCOCCOc2cc(NC3CCN(S(=O)(=O)C(F)(F)F)CC3)c3cc(C(c4ccc(Cl)cc4)c4ccc(Cl)cc4)ccc3n2)cc1. The minimum Gasteiger partial charge on any atom is -0.491 e. The number of pyridine rings is 1. The van der Waals surface area contributed by atoms with Gasteiger partial charge in [-0.15, -0.1) is 0 Å². The molecule has 0 unspecified atom stereocenters. The summed E-state index contributed by atoms with van der Waals surface area (Å²) in [5, 5.41) is 8.05. The molecule has 1 aromatic heterocycles. The summed E-state index contributed by atoms with van der Waals surface area (Å²) in [4.78, 5) is 17.0. The monoisotopic (exact) mass is 1390 g/mol. The fourth-order valence-corrected chi connectivity index (χ4v) is 10.4. The number of nitrogens with one attached hydrogen (secondary N) is 2. The molecule has 0 bridgehead atoms. The van der Waals surface area contributed by atoms with E-state index in [1.54, 1.807) is 25.3 Å². The lowest BCUT2D eigenvalue weighted by molar-refractivity contribution is -0.0494. The molecule has 1 amide bonds. The van der Waals surface area contributed by atoms with Crippen LogP contribution >= 0.6 is 23.2 Å². The summed E-state index contributed by atoms with van der Waals surface area (Å²) in [5.74, 6) is 0.701. The van der Waals surface area contributed by atoms with Crippen LogP contribution in [0, 0.1) is 0 Å². The zero-order valence-corrected chi connectivity index (χ0v) is 55.5. The van der Waals surface area contributed by atoms with Crippen molar-refractivity contribution in [2.75, 3.05) is 210 Å². The minimum atomic E-state index is -5.45. The second kappa shape index (κ2) is 46.0. The van der Waals surface area contributed by atoms with Crippen molar-refractivity contribution >= 4 is 55.9 Å². The van der Waals surface area contributed by atoms with Crippen molar-refractivity contribution in [2.24, 2.45) is 0 Å². The summed E-state index contributed by atoms with van der Waals surface area (Å²) >= 11 is 12.6. The van der Waals surface area contributed by atoms with E-state index in [1.165, 1.54) is 0 Å². The summed E-state index contributed by atoms with van der Waals surface area (Å²) in [6.07, 6.45) is -0.278. The number of piperidine rings is 1. The highest BCUT2D eigenvalue weighted by Gasteiger charge is 2.50. The van der Waals surface area contributed by atoms with Crippen LogP contribution in [0.5, 0.6) is 11.6 Å². The Balaban J connectivity index is 0.737. The lowest BCUT2D eigenvalue weighted by Crippen LogP contribution is -2.47. The number of halogens is 5. The van der Waals surface area contributed by atoms with E-state index in [0.29, 0.717) is 202 Å². The molecular weight excluding hydrogens is 1300 g/mol. The molecular formula is C65H89Cl2F3N4O19S. The standard InChI is InChI=1S/C65H89Cl2F3N4O19S/c1-78-22-23-80-26-27-82-30-31-84-34-35-86-38-39-87-37-36-85-33-32-83-29-28-81-25-24-79-21-18-71-64(75)93-50-51-2-13-58(14-3-51)91-46-44-89-42-40-88-41-43-90-45-47-92-62-49-61(72-57-16-19-74(20-17-57)94(76,77)65(68,69)70)59-48-54(8-15-60(59)73-62)63(52-4-9-55(66)10-5-52)53-6-11-56(67)12-7-53/h2-15,48-49,57,63H,16-47,50H2,1H3,(H,71,75)(H,72,73). The number of ether oxygens (including phenoxy) is 16. The number of benzene rings is 4. The second-order valence-corrected chi connectivity index (χ2v) is 23.6. The summed E-state index contributed by atoms with van der Waals surface area (Å²) in [7, 11) is -3.81. The van der Waals surface area contributed by atoms with E-state index in [-0.39, 0.29) is 64.3 Å². The van der Waals surface area contributed by atoms with Crippen molar-refractivity contribution in [1.82, 2.24) is 14.6 Å². The number of methoxy groups -OCH3 is 1. The van der Waals surface area contributed by atoms with Crippen LogP contribution in [0.4, 0.5) is 23.7 Å². The second-order valence-electron chi connectivity index (χ2n) is 20.8. The molecule has 0 spiro atoms. The van der Waals surface area contributed by atoms with Gasteiger partial charge in [0.1, 0.15) is 25.6 Å². The van der Waals surface area contributed by atoms with Gasteiger partial charge >= 0.3 is 21.6 Å². The highest BCUT2D eigenvalue weighted by molar-refractivity contribution is 7.90. The van der Waals surface area contributed by atoms with E-state index in [4.69, 9.17) is 104 Å². The summed E-state index contributed by atoms with van der Waals surface area (Å²) < 4.78 is 153. The Hall–Kier alpha value is -5.28. The molecule has 6 rings (SSSR count). The van der Waals surface area contributed by atoms with Gasteiger partial charge in [-0.1, -0.05) is 65.7 Å². The number of sulfonamides is 1. The Morgan fingerprint density at radius 1 is 0.532 bits per heavy atom. The maximum absolute atomic E-state index is 13.4. The largest absolute Gasteiger partial charge is 0.511 e. The number of hydrogen-bond donors (Lipinski definition) is 2. The molecule has 0 radical (unpaired) electrons. The average molecular weight is 1390 g/mol. The van der Waals surface area contributed by atoms with Crippen LogP contribution < -0.4 is 20.1 Å². The number of rotatable bonds is 52. The van der Waals surface area contributed by atoms with Crippen LogP contribution in [0.15, 0.2) is 97.1 Å². The number of anilines is 1. The van der Waals surface area contributed by atoms with Gasteiger partial charge in [0.05, 0.1) is 171 Å². The highest BCUT2D eigenvalue weighted by Crippen LogP contribution is 2.38. The van der Waals surface area contributed by atoms with Gasteiger partial charge in [0.2, 0.25) is 5.88 Å². The van der Waals surface area contributed by atoms with E-state index in [1.807, 2.05) is 78.9 Å². The third kappa shape index (κ3) is 30.8. The molecule has 0 atom stereocenters. The van der Waals surface area contributed by atoms with Crippen LogP contribution in [0.3, 0.4) is 0 Å². The normalized spacial score (nSPS) is 13.3. The summed E-state index contributed by atoms with van der Waals surface area (Å²) in [6, 6.07) is 29.6. The summed E-state index contributed by atoms with van der Waals surface area (Å²) in [5.41, 5.74) is -0.488. The van der Waals surface area contributed by atoms with E-state index in [9.17, 15) is 26.4 Å². The molecule has 94 heavy (non-hydrogen) atoms. The zero-order chi connectivity index (χ0) is 66.7. The van der Waals surface area contributed by atoms with Crippen molar-refractivity contribution in [1.29, 1.82) is 0 Å². The maximum Gasteiger partial charge on any atom is 0.511 e. The van der Waals surface area contributed by atoms with E-state index >= 15 is 0 Å². The molecule has 2 N–H and O–H groups in total. The third-order valence-corrected chi connectivity index (χ3v) is 16.1. The van der Waals surface area contributed by atoms with Gasteiger partial charge in [0.15, 0.2) is 0 Å². The number of alkyl halides is 3. The fourth-order valence-electron chi connectivity index (χ4n) is 9.16. The third-order valence-electron chi connectivity index (χ3n) is 13.9. The van der Waals surface area contributed by atoms with Gasteiger partial charge in [-0.05, 0) is 83.6 Å². The van der Waals surface area contributed by atoms with Gasteiger partial charge in [-0.2, -0.15) is 17.5 Å². The average Bonchev–Trinajstić information content (AvgIpc) is 0.786. The molecule has 2 heterocycles. The van der Waals surface area contributed by atoms with Crippen molar-refractivity contribution in [3.05, 3.63) is 129 Å². The molecule has 0 saturated carbocycles. The number of alkyl carbamates (subject to hydrolysis) is 1. The Kier molecular flexibility index (Phi) is 38.1. The quantitative estimate of drug-likeness (QED) is 0.0273. The minimum absolute atomic E-state index is 0.0839. The number of hydrogen-bond acceptors (Lipinski definition) is 21. The molecule has 23 nitrogen and oxygen atoms in total. The van der Waals surface area contributed by atoms with Gasteiger partial charge in [0, 0.05) is 65.9 Å². The van der Waals surface area contributed by atoms with Gasteiger partial charge < -0.3 is 86.4 Å². The lowest BCUT2D eigenvalue weighted by Gasteiger charge is -2.32. The number of aromatic nitrogens is 1. The number of amides is 1. The number of fused-ring (bicyclic) bond motifs is 1. The first-order valence-corrected chi connectivity index (χ1v) is 33.5. The predicted octanol–water partition coefficient (Wildman–Crippen LogP) is 8.98. The highest BCUT2D eigenvalue weighted by atomic mass is 35.5. The number of nitrogens with zero attached hydrogens (tertiary/aromatic N) is 2. The van der Waals surface area contributed by atoms with Crippen LogP contribution in [0.1, 0.15) is 41.0 Å². The van der Waals surface area contributed by atoms with Gasteiger partial charge in [-0.25, -0.2) is 18.2 Å². The van der Waals surface area contributed by atoms with Gasteiger partial charge in [0.25, 0.3) is 0 Å². The van der Waals surface area contributed by atoms with Crippen molar-refractivity contribution in [3.8, 4) is 11.6 Å². The van der Waals surface area contributed by atoms with Crippen LogP contribution in [-0.4, -0.2) is 240 Å². The van der Waals surface area contributed by atoms with Crippen molar-refractivity contribution in [2.45, 2.75) is 36.9 Å². The first-order chi connectivity index (χ1) is 45.8. The zero-order valence-electron chi connectivity index (χ0n) is 53.2. The molecule has 0 aliphatic carbocycles. The van der Waals surface area contributed by atoms with Crippen LogP contribution in [-0.2, 0) is 82.9 Å². The van der Waals surface area contributed by atoms with E-state index in [2.05, 4.69) is 10.6 Å². The number of carbonyl (C=O) groups is 1. The smallest absolute Gasteiger partial charge is 0.491 e. The van der Waals surface area contributed by atoms with Crippen LogP contribution in [0.25, 0.3) is 10.9 Å². The predicted molar refractivity (Wildman–Crippen MR) is 346 cm³/mol. The molecule has 5 aromatic rings. The Morgan fingerprint density at radius 3 is 1.37 bits per heavy atom. The van der Waals surface area contributed by atoms with Crippen molar-refractivity contribution < 1.29 is 102 Å². The first kappa shape index (κ1) is 77.7. The Morgan fingerprint density at radius 2 is 0.936 bits per heavy atom. The van der Waals surface area contributed by atoms with E-state index < -0.39 is 21.6 Å². The molecule has 1 aliphatic heterocycles. The van der Waals surface area contributed by atoms with E-state index in [0.717, 1.165) is 27.6 Å². The molecule has 4 aromatic carbocycles. The topological polar surface area (TPSA) is 239 Å². The molecule has 1 saturated heterocycles. The molecule has 1 aliphatic rings. The first-order valence-electron chi connectivity index (χ1n) is 31.3.